The minimum atomic E-state index is -0.374. The summed E-state index contributed by atoms with van der Waals surface area (Å²) in [4.78, 5) is 39.5. The van der Waals surface area contributed by atoms with Gasteiger partial charge in [0.15, 0.2) is 6.61 Å². The van der Waals surface area contributed by atoms with Crippen LogP contribution in [0.2, 0.25) is 0 Å². The Morgan fingerprint density at radius 3 is 2.36 bits per heavy atom. The number of imide groups is 1. The van der Waals surface area contributed by atoms with Crippen molar-refractivity contribution in [1.82, 2.24) is 5.32 Å². The molecule has 0 radical (unpaired) electrons. The van der Waals surface area contributed by atoms with E-state index in [1.165, 1.54) is 4.90 Å². The molecule has 0 spiro atoms. The Hall–Kier alpha value is -4.19. The number of carbonyl (C=O) groups excluding carboxylic acids is 3. The van der Waals surface area contributed by atoms with E-state index < -0.39 is 0 Å². The van der Waals surface area contributed by atoms with Gasteiger partial charge in [0.25, 0.3) is 17.7 Å². The van der Waals surface area contributed by atoms with Gasteiger partial charge in [0, 0.05) is 17.7 Å². The highest BCUT2D eigenvalue weighted by molar-refractivity contribution is 6.43. The van der Waals surface area contributed by atoms with Gasteiger partial charge < -0.3 is 10.1 Å². The van der Waals surface area contributed by atoms with E-state index in [4.69, 9.17) is 4.74 Å². The first-order valence-corrected chi connectivity index (χ1v) is 10.7. The summed E-state index contributed by atoms with van der Waals surface area (Å²) in [6, 6.07) is 21.6. The van der Waals surface area contributed by atoms with Crippen LogP contribution in [-0.4, -0.2) is 30.9 Å². The molecular weight excluding hydrogens is 416 g/mol. The number of benzene rings is 3. The molecule has 0 aliphatic carbocycles. The molecule has 6 nitrogen and oxygen atoms in total. The third-order valence-electron chi connectivity index (χ3n) is 5.28. The van der Waals surface area contributed by atoms with Crippen LogP contribution in [0, 0.1) is 6.92 Å². The van der Waals surface area contributed by atoms with Gasteiger partial charge in [0.2, 0.25) is 0 Å². The van der Waals surface area contributed by atoms with Crippen LogP contribution in [0.5, 0.6) is 5.75 Å². The Kier molecular flexibility index (Phi) is 6.36. The van der Waals surface area contributed by atoms with Crippen LogP contribution in [0.25, 0.3) is 11.6 Å². The van der Waals surface area contributed by atoms with Gasteiger partial charge in [-0.05, 0) is 66.9 Å². The highest BCUT2D eigenvalue weighted by Gasteiger charge is 2.35. The highest BCUT2D eigenvalue weighted by Crippen LogP contribution is 2.33. The average molecular weight is 440 g/mol. The molecule has 0 saturated heterocycles. The lowest BCUT2D eigenvalue weighted by Gasteiger charge is -2.29. The summed E-state index contributed by atoms with van der Waals surface area (Å²) in [5, 5.41) is 2.68. The molecule has 166 valence electrons. The van der Waals surface area contributed by atoms with Gasteiger partial charge >= 0.3 is 0 Å². The molecular formula is C27H24N2O4. The first-order valence-electron chi connectivity index (χ1n) is 10.7. The average Bonchev–Trinajstić information content (AvgIpc) is 2.82. The number of fused-ring (bicyclic) bond motifs is 1. The molecule has 1 N–H and O–H groups in total. The second kappa shape index (κ2) is 9.53. The van der Waals surface area contributed by atoms with Crippen molar-refractivity contribution >= 4 is 35.1 Å². The van der Waals surface area contributed by atoms with Gasteiger partial charge in [0.05, 0.1) is 5.69 Å². The smallest absolute Gasteiger partial charge is 0.265 e. The molecule has 0 bridgehead atoms. The van der Waals surface area contributed by atoms with Crippen molar-refractivity contribution in [3.8, 4) is 5.75 Å². The normalized spacial score (nSPS) is 14.2. The number of hydrogen-bond donors (Lipinski definition) is 1. The van der Waals surface area contributed by atoms with Gasteiger partial charge in [-0.25, -0.2) is 4.90 Å². The third kappa shape index (κ3) is 4.70. The van der Waals surface area contributed by atoms with Crippen molar-refractivity contribution < 1.29 is 19.1 Å². The molecule has 1 aliphatic rings. The first kappa shape index (κ1) is 22.0. The minimum absolute atomic E-state index is 0.0618. The van der Waals surface area contributed by atoms with Gasteiger partial charge in [-0.2, -0.15) is 0 Å². The number of nitrogens with zero attached hydrogens (tertiary/aromatic N) is 1. The molecule has 1 heterocycles. The number of carbonyl (C=O) groups is 3. The van der Waals surface area contributed by atoms with Crippen molar-refractivity contribution in [2.45, 2.75) is 13.8 Å². The van der Waals surface area contributed by atoms with Crippen LogP contribution in [0.4, 0.5) is 5.69 Å². The van der Waals surface area contributed by atoms with Gasteiger partial charge in [-0.15, -0.1) is 0 Å². The molecule has 6 heteroatoms. The minimum Gasteiger partial charge on any atom is -0.484 e. The fourth-order valence-electron chi connectivity index (χ4n) is 3.72. The summed E-state index contributed by atoms with van der Waals surface area (Å²) >= 11 is 0. The van der Waals surface area contributed by atoms with Crippen LogP contribution in [0.15, 0.2) is 72.8 Å². The lowest BCUT2D eigenvalue weighted by atomic mass is 9.91. The van der Waals surface area contributed by atoms with Crippen molar-refractivity contribution in [2.75, 3.05) is 18.1 Å². The largest absolute Gasteiger partial charge is 0.484 e. The number of aryl methyl sites for hydroxylation is 1. The quantitative estimate of drug-likeness (QED) is 0.460. The zero-order chi connectivity index (χ0) is 23.4. The van der Waals surface area contributed by atoms with Crippen molar-refractivity contribution in [1.29, 1.82) is 0 Å². The summed E-state index contributed by atoms with van der Waals surface area (Å²) in [5.74, 6) is -0.349. The molecule has 33 heavy (non-hydrogen) atoms. The summed E-state index contributed by atoms with van der Waals surface area (Å²) in [5.41, 5.74) is 3.79. The van der Waals surface area contributed by atoms with Crippen molar-refractivity contribution in [2.24, 2.45) is 0 Å². The van der Waals surface area contributed by atoms with E-state index in [2.05, 4.69) is 5.32 Å². The predicted octanol–water partition coefficient (Wildman–Crippen LogP) is 4.24. The zero-order valence-corrected chi connectivity index (χ0v) is 18.5. The molecule has 0 saturated carbocycles. The predicted molar refractivity (Wildman–Crippen MR) is 128 cm³/mol. The number of hydrogen-bond acceptors (Lipinski definition) is 4. The van der Waals surface area contributed by atoms with E-state index in [1.807, 2.05) is 50.2 Å². The van der Waals surface area contributed by atoms with E-state index in [-0.39, 0.29) is 24.3 Å². The van der Waals surface area contributed by atoms with Crippen LogP contribution in [-0.2, 0) is 9.59 Å². The Labute approximate surface area is 192 Å². The fourth-order valence-corrected chi connectivity index (χ4v) is 3.72. The molecule has 1 aliphatic heterocycles. The van der Waals surface area contributed by atoms with Crippen molar-refractivity contribution in [3.63, 3.8) is 0 Å². The topological polar surface area (TPSA) is 75.7 Å². The van der Waals surface area contributed by atoms with E-state index in [0.717, 1.165) is 11.1 Å². The van der Waals surface area contributed by atoms with Gasteiger partial charge in [-0.3, -0.25) is 14.4 Å². The highest BCUT2D eigenvalue weighted by atomic mass is 16.5. The lowest BCUT2D eigenvalue weighted by Crippen LogP contribution is -2.41. The number of ether oxygens (including phenoxy) is 1. The van der Waals surface area contributed by atoms with E-state index in [9.17, 15) is 14.4 Å². The van der Waals surface area contributed by atoms with E-state index in [1.54, 1.807) is 42.5 Å². The summed E-state index contributed by atoms with van der Waals surface area (Å²) in [6.07, 6.45) is 1.77. The van der Waals surface area contributed by atoms with Crippen molar-refractivity contribution in [3.05, 3.63) is 95.1 Å². The molecule has 0 aromatic heterocycles. The molecule has 0 unspecified atom stereocenters. The molecule has 0 atom stereocenters. The number of anilines is 1. The van der Waals surface area contributed by atoms with E-state index in [0.29, 0.717) is 34.7 Å². The van der Waals surface area contributed by atoms with Crippen LogP contribution >= 0.6 is 0 Å². The Bertz CT molecular complexity index is 1240. The molecule has 3 aromatic rings. The maximum atomic E-state index is 13.5. The summed E-state index contributed by atoms with van der Waals surface area (Å²) in [6.45, 7) is 4.25. The fraction of sp³-hybridized carbons (Fsp3) is 0.148. The number of likely N-dealkylation sites (N-methyl/N-ethyl adjacent to an activating group) is 1. The van der Waals surface area contributed by atoms with Crippen LogP contribution in [0.1, 0.15) is 34.0 Å². The second-order valence-electron chi connectivity index (χ2n) is 7.70. The van der Waals surface area contributed by atoms with Crippen LogP contribution < -0.4 is 15.0 Å². The summed E-state index contributed by atoms with van der Waals surface area (Å²) in [7, 11) is 0. The number of nitrogens with one attached hydrogen (secondary N) is 1. The monoisotopic (exact) mass is 440 g/mol. The van der Waals surface area contributed by atoms with Crippen LogP contribution in [0.3, 0.4) is 0 Å². The molecule has 4 rings (SSSR count). The number of rotatable bonds is 6. The number of amides is 3. The molecule has 3 aromatic carbocycles. The van der Waals surface area contributed by atoms with Gasteiger partial charge in [-0.1, -0.05) is 42.5 Å². The second-order valence-corrected chi connectivity index (χ2v) is 7.70. The lowest BCUT2D eigenvalue weighted by molar-refractivity contribution is -0.123. The first-order chi connectivity index (χ1) is 16.0. The SMILES string of the molecule is CCNC(=O)COc1ccc(/C=C2/C(=O)N(c3cccc(C)c3)C(=O)c3ccccc32)cc1. The Morgan fingerprint density at radius 1 is 0.939 bits per heavy atom. The molecule has 3 amide bonds. The Morgan fingerprint density at radius 2 is 1.67 bits per heavy atom. The van der Waals surface area contributed by atoms with E-state index >= 15 is 0 Å². The van der Waals surface area contributed by atoms with Gasteiger partial charge in [0.1, 0.15) is 5.75 Å². The third-order valence-corrected chi connectivity index (χ3v) is 5.28. The maximum Gasteiger partial charge on any atom is 0.265 e. The standard InChI is InChI=1S/C27H24N2O4/c1-3-28-25(30)17-33-21-13-11-19(12-14-21)16-24-22-9-4-5-10-23(22)26(31)29(27(24)32)20-8-6-7-18(2)15-20/h4-16H,3,17H2,1-2H3,(H,28,30)/b24-16+. The summed E-state index contributed by atoms with van der Waals surface area (Å²) < 4.78 is 5.49. The molecule has 0 fully saturated rings. The Balaban J connectivity index is 1.67. The maximum absolute atomic E-state index is 13.5. The zero-order valence-electron chi connectivity index (χ0n) is 18.5.